The largest absolute Gasteiger partial charge is 3.00 e. The molecule has 0 saturated carbocycles. The number of nitrogens with zero attached hydrogens (tertiary/aromatic N) is 3. The Hall–Kier alpha value is -4.05. The van der Waals surface area contributed by atoms with Crippen LogP contribution in [0.5, 0.6) is 11.5 Å². The number of fused-ring (bicyclic) bond motifs is 2. The maximum absolute atomic E-state index is 6.08. The second-order valence-electron chi connectivity index (χ2n) is 10.2. The van der Waals surface area contributed by atoms with Gasteiger partial charge in [-0.2, -0.15) is 18.2 Å². The SMILES string of the molecule is CC(C)(C)c1ccc(-n2[c-][n+]3c4c(cccc42)Oc2ccc[c-]c2-3)cc1.[Ir+3].[c-]1ccccc1-c1ccccn1. The molecule has 0 atom stereocenters. The maximum Gasteiger partial charge on any atom is 3.00 e. The molecule has 4 nitrogen and oxygen atoms in total. The number of rotatable bonds is 2. The Balaban J connectivity index is 0.000000200. The summed E-state index contributed by atoms with van der Waals surface area (Å²) < 4.78 is 10.2. The summed E-state index contributed by atoms with van der Waals surface area (Å²) in [5.41, 5.74) is 7.52. The number of pyridine rings is 1. The van der Waals surface area contributed by atoms with Crippen LogP contribution in [0.15, 0.2) is 109 Å². The van der Waals surface area contributed by atoms with Crippen LogP contribution in [0.25, 0.3) is 33.7 Å². The first kappa shape index (κ1) is 26.6. The average molecular weight is 686 g/mol. The molecule has 5 heteroatoms. The summed E-state index contributed by atoms with van der Waals surface area (Å²) in [6.45, 7) is 6.68. The second kappa shape index (κ2) is 11.0. The summed E-state index contributed by atoms with van der Waals surface area (Å²) in [5, 5.41) is 0. The van der Waals surface area contributed by atoms with Gasteiger partial charge in [0.05, 0.1) is 11.2 Å². The van der Waals surface area contributed by atoms with Gasteiger partial charge in [-0.15, -0.1) is 42.0 Å². The summed E-state index contributed by atoms with van der Waals surface area (Å²) in [5.74, 6) is 1.64. The molecule has 0 bridgehead atoms. The molecule has 0 fully saturated rings. The van der Waals surface area contributed by atoms with Crippen molar-refractivity contribution in [2.24, 2.45) is 0 Å². The predicted molar refractivity (Wildman–Crippen MR) is 150 cm³/mol. The summed E-state index contributed by atoms with van der Waals surface area (Å²) in [4.78, 5) is 4.22. The third kappa shape index (κ3) is 5.29. The van der Waals surface area contributed by atoms with E-state index in [1.54, 1.807) is 6.20 Å². The van der Waals surface area contributed by atoms with Crippen molar-refractivity contribution in [1.82, 2.24) is 9.55 Å². The predicted octanol–water partition coefficient (Wildman–Crippen LogP) is 7.46. The van der Waals surface area contributed by atoms with Crippen LogP contribution >= 0.6 is 0 Å². The third-order valence-electron chi connectivity index (χ3n) is 6.52. The van der Waals surface area contributed by atoms with Crippen LogP contribution in [-0.4, -0.2) is 9.55 Å². The zero-order chi connectivity index (χ0) is 26.1. The number of aromatic nitrogens is 3. The number of hydrogen-bond acceptors (Lipinski definition) is 2. The zero-order valence-electron chi connectivity index (χ0n) is 22.0. The molecular weight excluding hydrogens is 659 g/mol. The molecule has 1 aliphatic rings. The third-order valence-corrected chi connectivity index (χ3v) is 6.52. The van der Waals surface area contributed by atoms with Crippen LogP contribution < -0.4 is 9.30 Å². The summed E-state index contributed by atoms with van der Waals surface area (Å²) >= 11 is 0. The molecule has 0 aliphatic carbocycles. The molecule has 4 aromatic carbocycles. The van der Waals surface area contributed by atoms with E-state index in [-0.39, 0.29) is 25.5 Å². The maximum atomic E-state index is 6.08. The molecular formula is C34H27IrN3O+. The number of ether oxygens (including phenoxy) is 1. The van der Waals surface area contributed by atoms with E-state index in [1.165, 1.54) is 5.56 Å². The monoisotopic (exact) mass is 686 g/mol. The van der Waals surface area contributed by atoms with E-state index in [4.69, 9.17) is 4.74 Å². The van der Waals surface area contributed by atoms with E-state index in [9.17, 15) is 0 Å². The first-order valence-corrected chi connectivity index (χ1v) is 12.7. The first-order chi connectivity index (χ1) is 18.5. The van der Waals surface area contributed by atoms with Crippen molar-refractivity contribution in [3.63, 3.8) is 0 Å². The average Bonchev–Trinajstić information content (AvgIpc) is 3.35. The fourth-order valence-corrected chi connectivity index (χ4v) is 4.53. The molecule has 1 aliphatic heterocycles. The van der Waals surface area contributed by atoms with Crippen LogP contribution in [0.4, 0.5) is 0 Å². The molecule has 192 valence electrons. The molecule has 0 spiro atoms. The molecule has 6 aromatic rings. The van der Waals surface area contributed by atoms with E-state index in [0.717, 1.165) is 45.2 Å². The van der Waals surface area contributed by atoms with Gasteiger partial charge < -0.3 is 14.3 Å². The van der Waals surface area contributed by atoms with Gasteiger partial charge in [-0.25, -0.2) is 0 Å². The van der Waals surface area contributed by atoms with E-state index in [1.807, 2.05) is 77.4 Å². The molecule has 0 unspecified atom stereocenters. The minimum atomic E-state index is 0. The van der Waals surface area contributed by atoms with Crippen molar-refractivity contribution in [3.05, 3.63) is 133 Å². The zero-order valence-corrected chi connectivity index (χ0v) is 24.4. The van der Waals surface area contributed by atoms with Crippen LogP contribution in [0.3, 0.4) is 0 Å². The molecule has 3 heterocycles. The molecule has 0 radical (unpaired) electrons. The van der Waals surface area contributed by atoms with Crippen molar-refractivity contribution in [3.8, 4) is 34.1 Å². The minimum Gasteiger partial charge on any atom is -0.523 e. The fraction of sp³-hybridized carbons (Fsp3) is 0.118. The van der Waals surface area contributed by atoms with Crippen LogP contribution in [0.1, 0.15) is 26.3 Å². The van der Waals surface area contributed by atoms with E-state index in [2.05, 4.69) is 79.1 Å². The van der Waals surface area contributed by atoms with Gasteiger partial charge >= 0.3 is 20.1 Å². The van der Waals surface area contributed by atoms with Gasteiger partial charge in [-0.05, 0) is 46.6 Å². The van der Waals surface area contributed by atoms with Crippen molar-refractivity contribution < 1.29 is 29.4 Å². The van der Waals surface area contributed by atoms with E-state index < -0.39 is 0 Å². The van der Waals surface area contributed by atoms with Crippen LogP contribution in [-0.2, 0) is 25.5 Å². The van der Waals surface area contributed by atoms with Crippen molar-refractivity contribution >= 4 is 11.0 Å². The van der Waals surface area contributed by atoms with Crippen LogP contribution in [0.2, 0.25) is 0 Å². The molecule has 7 rings (SSSR count). The number of imidazole rings is 1. The van der Waals surface area contributed by atoms with Crippen molar-refractivity contribution in [2.45, 2.75) is 26.2 Å². The Bertz CT molecular complexity index is 1670. The van der Waals surface area contributed by atoms with Crippen LogP contribution in [0, 0.1) is 18.5 Å². The Morgan fingerprint density at radius 3 is 2.26 bits per heavy atom. The molecule has 0 N–H and O–H groups in total. The van der Waals surface area contributed by atoms with Gasteiger partial charge in [0, 0.05) is 11.9 Å². The van der Waals surface area contributed by atoms with E-state index >= 15 is 0 Å². The number of hydrogen-bond donors (Lipinski definition) is 0. The molecule has 2 aromatic heterocycles. The van der Waals surface area contributed by atoms with Gasteiger partial charge in [0.1, 0.15) is 11.3 Å². The van der Waals surface area contributed by atoms with E-state index in [0.29, 0.717) is 0 Å². The molecule has 39 heavy (non-hydrogen) atoms. The Morgan fingerprint density at radius 1 is 0.769 bits per heavy atom. The quantitative estimate of drug-likeness (QED) is 0.140. The van der Waals surface area contributed by atoms with Crippen molar-refractivity contribution in [2.75, 3.05) is 0 Å². The Kier molecular flexibility index (Phi) is 7.47. The molecule has 0 saturated heterocycles. The summed E-state index contributed by atoms with van der Waals surface area (Å²) in [6, 6.07) is 40.7. The number of benzene rings is 4. The Labute approximate surface area is 242 Å². The number of para-hydroxylation sites is 2. The Morgan fingerprint density at radius 2 is 1.54 bits per heavy atom. The van der Waals surface area contributed by atoms with Gasteiger partial charge in [-0.3, -0.25) is 4.57 Å². The van der Waals surface area contributed by atoms with Gasteiger partial charge in [0.25, 0.3) is 6.33 Å². The van der Waals surface area contributed by atoms with Gasteiger partial charge in [0.2, 0.25) is 0 Å². The van der Waals surface area contributed by atoms with Gasteiger partial charge in [0.15, 0.2) is 0 Å². The van der Waals surface area contributed by atoms with Crippen molar-refractivity contribution in [1.29, 1.82) is 0 Å². The fourth-order valence-electron chi connectivity index (χ4n) is 4.53. The first-order valence-electron chi connectivity index (χ1n) is 12.7. The standard InChI is InChI=1S/C23H19N2O.C11H8N.Ir/c1-23(2,3)16-11-13-17(14-12-16)24-15-25-18-7-4-5-9-20(18)26-21-10-6-8-19(24)22(21)25;1-2-6-10(7-3-1)11-8-4-5-9-12-11;/h4-6,8-14H,1-3H3;1-6,8-9H;/q2*-1;+3. The smallest absolute Gasteiger partial charge is 0.523 e. The topological polar surface area (TPSA) is 30.9 Å². The summed E-state index contributed by atoms with van der Waals surface area (Å²) in [6.07, 6.45) is 5.27. The second-order valence-corrected chi connectivity index (χ2v) is 10.2. The normalized spacial score (nSPS) is 11.5. The summed E-state index contributed by atoms with van der Waals surface area (Å²) in [7, 11) is 0. The minimum absolute atomic E-state index is 0. The van der Waals surface area contributed by atoms with Gasteiger partial charge in [-0.1, -0.05) is 57.2 Å². The molecule has 0 amide bonds.